The largest absolute Gasteiger partial charge is 0.353 e. The standard InChI is InChI=1S/C13H26N2O/c1-4-13(5-2,9-14)12(16)15-11-8-6-7-10(11)3/h10-11H,4-9,14H2,1-3H3,(H,15,16). The summed E-state index contributed by atoms with van der Waals surface area (Å²) in [5, 5.41) is 3.20. The molecule has 0 radical (unpaired) electrons. The lowest BCUT2D eigenvalue weighted by atomic mass is 9.81. The van der Waals surface area contributed by atoms with Crippen LogP contribution in [0.15, 0.2) is 0 Å². The van der Waals surface area contributed by atoms with Gasteiger partial charge in [-0.05, 0) is 31.6 Å². The van der Waals surface area contributed by atoms with Crippen LogP contribution in [0, 0.1) is 11.3 Å². The fraction of sp³-hybridized carbons (Fsp3) is 0.923. The second-order valence-electron chi connectivity index (χ2n) is 5.18. The van der Waals surface area contributed by atoms with Gasteiger partial charge in [-0.2, -0.15) is 0 Å². The van der Waals surface area contributed by atoms with Gasteiger partial charge in [0.05, 0.1) is 5.41 Å². The van der Waals surface area contributed by atoms with Crippen LogP contribution in [0.3, 0.4) is 0 Å². The first kappa shape index (κ1) is 13.5. The second kappa shape index (κ2) is 5.67. The van der Waals surface area contributed by atoms with Crippen molar-refractivity contribution in [2.45, 2.75) is 58.9 Å². The van der Waals surface area contributed by atoms with Crippen molar-refractivity contribution in [1.82, 2.24) is 5.32 Å². The van der Waals surface area contributed by atoms with Crippen LogP contribution < -0.4 is 11.1 Å². The normalized spacial score (nSPS) is 25.8. The molecule has 3 heteroatoms. The summed E-state index contributed by atoms with van der Waals surface area (Å²) in [5.41, 5.74) is 5.43. The number of rotatable bonds is 5. The number of nitrogens with one attached hydrogen (secondary N) is 1. The third-order valence-corrected chi connectivity index (χ3v) is 4.40. The molecule has 1 aliphatic rings. The van der Waals surface area contributed by atoms with E-state index < -0.39 is 0 Å². The number of carbonyl (C=O) groups is 1. The van der Waals surface area contributed by atoms with Gasteiger partial charge < -0.3 is 11.1 Å². The van der Waals surface area contributed by atoms with Gasteiger partial charge in [-0.1, -0.05) is 27.2 Å². The van der Waals surface area contributed by atoms with E-state index in [4.69, 9.17) is 5.73 Å². The minimum atomic E-state index is -0.345. The maximum absolute atomic E-state index is 12.3. The Morgan fingerprint density at radius 2 is 2.00 bits per heavy atom. The van der Waals surface area contributed by atoms with Crippen LogP contribution in [0.25, 0.3) is 0 Å². The molecule has 0 bridgehead atoms. The Balaban J connectivity index is 2.62. The SMILES string of the molecule is CCC(CC)(CN)C(=O)NC1CCCC1C. The number of nitrogens with two attached hydrogens (primary N) is 1. The molecular weight excluding hydrogens is 200 g/mol. The molecule has 3 N–H and O–H groups in total. The predicted molar refractivity (Wildman–Crippen MR) is 67.0 cm³/mol. The van der Waals surface area contributed by atoms with E-state index in [1.54, 1.807) is 0 Å². The van der Waals surface area contributed by atoms with E-state index in [2.05, 4.69) is 12.2 Å². The summed E-state index contributed by atoms with van der Waals surface area (Å²) in [5.74, 6) is 0.784. The van der Waals surface area contributed by atoms with Crippen LogP contribution in [0.5, 0.6) is 0 Å². The van der Waals surface area contributed by atoms with Crippen molar-refractivity contribution < 1.29 is 4.79 Å². The number of carbonyl (C=O) groups excluding carboxylic acids is 1. The highest BCUT2D eigenvalue weighted by molar-refractivity contribution is 5.83. The maximum Gasteiger partial charge on any atom is 0.227 e. The summed E-state index contributed by atoms with van der Waals surface area (Å²) in [6.07, 6.45) is 5.25. The average molecular weight is 226 g/mol. The molecule has 0 heterocycles. The summed E-state index contributed by atoms with van der Waals surface area (Å²) in [6, 6.07) is 0.372. The van der Waals surface area contributed by atoms with E-state index in [9.17, 15) is 4.79 Å². The van der Waals surface area contributed by atoms with E-state index in [0.717, 1.165) is 19.3 Å². The molecule has 1 aliphatic carbocycles. The summed E-state index contributed by atoms with van der Waals surface area (Å²) in [6.45, 7) is 6.77. The predicted octanol–water partition coefficient (Wildman–Crippen LogP) is 2.06. The second-order valence-corrected chi connectivity index (χ2v) is 5.18. The first-order chi connectivity index (χ1) is 7.59. The fourth-order valence-electron chi connectivity index (χ4n) is 2.63. The highest BCUT2D eigenvalue weighted by Gasteiger charge is 2.36. The number of hydrogen-bond donors (Lipinski definition) is 2. The summed E-state index contributed by atoms with van der Waals surface area (Å²) >= 11 is 0. The summed E-state index contributed by atoms with van der Waals surface area (Å²) < 4.78 is 0. The average Bonchev–Trinajstić information content (AvgIpc) is 2.68. The molecule has 0 aromatic rings. The molecule has 16 heavy (non-hydrogen) atoms. The van der Waals surface area contributed by atoms with Crippen LogP contribution in [-0.4, -0.2) is 18.5 Å². The van der Waals surface area contributed by atoms with Crippen molar-refractivity contribution in [2.24, 2.45) is 17.1 Å². The van der Waals surface area contributed by atoms with Gasteiger partial charge >= 0.3 is 0 Å². The molecular formula is C13H26N2O. The minimum Gasteiger partial charge on any atom is -0.353 e. The van der Waals surface area contributed by atoms with Crippen molar-refractivity contribution >= 4 is 5.91 Å². The van der Waals surface area contributed by atoms with Crippen molar-refractivity contribution in [3.63, 3.8) is 0 Å². The van der Waals surface area contributed by atoms with E-state index in [1.807, 2.05) is 13.8 Å². The lowest BCUT2D eigenvalue weighted by Crippen LogP contribution is -2.49. The number of amides is 1. The molecule has 0 aromatic heterocycles. The Labute approximate surface area is 99.2 Å². The lowest BCUT2D eigenvalue weighted by molar-refractivity contribution is -0.132. The van der Waals surface area contributed by atoms with Gasteiger partial charge in [0.25, 0.3) is 0 Å². The van der Waals surface area contributed by atoms with E-state index in [0.29, 0.717) is 18.5 Å². The Morgan fingerprint density at radius 1 is 1.38 bits per heavy atom. The topological polar surface area (TPSA) is 55.1 Å². The van der Waals surface area contributed by atoms with Crippen LogP contribution in [0.4, 0.5) is 0 Å². The van der Waals surface area contributed by atoms with Crippen LogP contribution in [0.2, 0.25) is 0 Å². The van der Waals surface area contributed by atoms with E-state index in [1.165, 1.54) is 12.8 Å². The van der Waals surface area contributed by atoms with Crippen molar-refractivity contribution in [1.29, 1.82) is 0 Å². The zero-order valence-electron chi connectivity index (χ0n) is 10.9. The highest BCUT2D eigenvalue weighted by atomic mass is 16.2. The first-order valence-corrected chi connectivity index (χ1v) is 6.60. The molecule has 0 saturated heterocycles. The molecule has 94 valence electrons. The molecule has 3 nitrogen and oxygen atoms in total. The Kier molecular flexibility index (Phi) is 4.78. The van der Waals surface area contributed by atoms with Gasteiger partial charge in [-0.15, -0.1) is 0 Å². The first-order valence-electron chi connectivity index (χ1n) is 6.60. The van der Waals surface area contributed by atoms with Crippen molar-refractivity contribution in [2.75, 3.05) is 6.54 Å². The lowest BCUT2D eigenvalue weighted by Gasteiger charge is -2.31. The zero-order chi connectivity index (χ0) is 12.2. The molecule has 1 fully saturated rings. The molecule has 1 saturated carbocycles. The molecule has 1 rings (SSSR count). The quantitative estimate of drug-likeness (QED) is 0.754. The molecule has 2 atom stereocenters. The fourth-order valence-corrected chi connectivity index (χ4v) is 2.63. The zero-order valence-corrected chi connectivity index (χ0v) is 10.9. The van der Waals surface area contributed by atoms with Gasteiger partial charge in [0.15, 0.2) is 0 Å². The minimum absolute atomic E-state index is 0.166. The van der Waals surface area contributed by atoms with Gasteiger partial charge in [0, 0.05) is 12.6 Å². The van der Waals surface area contributed by atoms with E-state index >= 15 is 0 Å². The summed E-state index contributed by atoms with van der Waals surface area (Å²) in [7, 11) is 0. The van der Waals surface area contributed by atoms with Gasteiger partial charge in [0.2, 0.25) is 5.91 Å². The third-order valence-electron chi connectivity index (χ3n) is 4.40. The number of hydrogen-bond acceptors (Lipinski definition) is 2. The molecule has 1 amide bonds. The Morgan fingerprint density at radius 3 is 2.38 bits per heavy atom. The smallest absolute Gasteiger partial charge is 0.227 e. The molecule has 0 aliphatic heterocycles. The molecule has 0 spiro atoms. The summed E-state index contributed by atoms with van der Waals surface area (Å²) in [4.78, 5) is 12.3. The van der Waals surface area contributed by atoms with Crippen LogP contribution in [-0.2, 0) is 4.79 Å². The highest BCUT2D eigenvalue weighted by Crippen LogP contribution is 2.29. The third kappa shape index (κ3) is 2.57. The Hall–Kier alpha value is -0.570. The van der Waals surface area contributed by atoms with Gasteiger partial charge in [-0.25, -0.2) is 0 Å². The van der Waals surface area contributed by atoms with E-state index in [-0.39, 0.29) is 11.3 Å². The molecule has 0 aromatic carbocycles. The van der Waals surface area contributed by atoms with Crippen LogP contribution >= 0.6 is 0 Å². The Bertz CT molecular complexity index is 228. The van der Waals surface area contributed by atoms with Crippen LogP contribution in [0.1, 0.15) is 52.9 Å². The van der Waals surface area contributed by atoms with Gasteiger partial charge in [0.1, 0.15) is 0 Å². The van der Waals surface area contributed by atoms with Gasteiger partial charge in [-0.3, -0.25) is 4.79 Å². The van der Waals surface area contributed by atoms with Crippen molar-refractivity contribution in [3.8, 4) is 0 Å². The maximum atomic E-state index is 12.3. The molecule has 2 unspecified atom stereocenters. The monoisotopic (exact) mass is 226 g/mol. The van der Waals surface area contributed by atoms with Crippen molar-refractivity contribution in [3.05, 3.63) is 0 Å².